The first kappa shape index (κ1) is 18.0. The van der Waals surface area contributed by atoms with Crippen LogP contribution >= 0.6 is 11.3 Å². The Morgan fingerprint density at radius 1 is 1.07 bits per heavy atom. The molecular formula is C20H21N7OS. The zero-order valence-electron chi connectivity index (χ0n) is 15.7. The van der Waals surface area contributed by atoms with Gasteiger partial charge in [-0.1, -0.05) is 0 Å². The molecule has 0 bridgehead atoms. The van der Waals surface area contributed by atoms with E-state index in [9.17, 15) is 5.11 Å². The van der Waals surface area contributed by atoms with Gasteiger partial charge in [-0.3, -0.25) is 4.98 Å². The third-order valence-electron chi connectivity index (χ3n) is 5.11. The lowest BCUT2D eigenvalue weighted by molar-refractivity contribution is 0.126. The lowest BCUT2D eigenvalue weighted by Crippen LogP contribution is -2.28. The maximum absolute atomic E-state index is 9.75. The van der Waals surface area contributed by atoms with Gasteiger partial charge in [0.25, 0.3) is 0 Å². The van der Waals surface area contributed by atoms with Gasteiger partial charge >= 0.3 is 0 Å². The molecule has 0 unspecified atom stereocenters. The molecule has 5 rings (SSSR count). The van der Waals surface area contributed by atoms with Crippen LogP contribution in [0, 0.1) is 0 Å². The number of nitrogens with one attached hydrogen (secondary N) is 2. The molecule has 148 valence electrons. The zero-order valence-corrected chi connectivity index (χ0v) is 16.5. The van der Waals surface area contributed by atoms with Crippen LogP contribution in [0.25, 0.3) is 15.9 Å². The first-order valence-corrected chi connectivity index (χ1v) is 10.5. The van der Waals surface area contributed by atoms with Gasteiger partial charge in [0.1, 0.15) is 5.82 Å². The average Bonchev–Trinajstić information content (AvgIpc) is 3.40. The summed E-state index contributed by atoms with van der Waals surface area (Å²) >= 11 is 1.63. The molecule has 3 N–H and O–H groups in total. The average molecular weight is 408 g/mol. The van der Waals surface area contributed by atoms with E-state index >= 15 is 0 Å². The van der Waals surface area contributed by atoms with E-state index in [1.54, 1.807) is 34.6 Å². The number of thiophene rings is 1. The maximum Gasteiger partial charge on any atom is 0.229 e. The first-order chi connectivity index (χ1) is 14.2. The van der Waals surface area contributed by atoms with Crippen LogP contribution < -0.4 is 10.6 Å². The highest BCUT2D eigenvalue weighted by Crippen LogP contribution is 2.31. The highest BCUT2D eigenvalue weighted by atomic mass is 32.1. The standard InChI is InChI=1S/C20H21N7OS/c28-16-3-1-13(2-4-16)23-19-18-17(7-10-29-18)25-20(26-19)24-14-11-22-27(12-14)15-5-8-21-9-6-15/h5-13,16,28H,1-4H2,(H2,23,24,25,26)/t13-,16-. The molecule has 0 aromatic carbocycles. The predicted molar refractivity (Wildman–Crippen MR) is 114 cm³/mol. The summed E-state index contributed by atoms with van der Waals surface area (Å²) < 4.78 is 2.83. The Kier molecular flexibility index (Phi) is 4.82. The lowest BCUT2D eigenvalue weighted by atomic mass is 9.93. The fourth-order valence-electron chi connectivity index (χ4n) is 3.59. The monoisotopic (exact) mass is 407 g/mol. The van der Waals surface area contributed by atoms with Crippen LogP contribution in [0.2, 0.25) is 0 Å². The molecule has 29 heavy (non-hydrogen) atoms. The number of aliphatic hydroxyl groups is 1. The second-order valence-corrected chi connectivity index (χ2v) is 8.10. The van der Waals surface area contributed by atoms with Crippen LogP contribution in [0.3, 0.4) is 0 Å². The molecule has 0 spiro atoms. The number of rotatable bonds is 5. The lowest BCUT2D eigenvalue weighted by Gasteiger charge is -2.26. The van der Waals surface area contributed by atoms with Gasteiger partial charge < -0.3 is 15.7 Å². The molecule has 0 radical (unpaired) electrons. The molecular weight excluding hydrogens is 386 g/mol. The van der Waals surface area contributed by atoms with E-state index in [0.29, 0.717) is 12.0 Å². The van der Waals surface area contributed by atoms with E-state index in [1.807, 2.05) is 29.8 Å². The molecule has 8 nitrogen and oxygen atoms in total. The second kappa shape index (κ2) is 7.76. The number of nitrogens with zero attached hydrogens (tertiary/aromatic N) is 5. The summed E-state index contributed by atoms with van der Waals surface area (Å²) in [5.41, 5.74) is 2.65. The van der Waals surface area contributed by atoms with Crippen LogP contribution in [0.5, 0.6) is 0 Å². The van der Waals surface area contributed by atoms with Crippen molar-refractivity contribution in [2.45, 2.75) is 37.8 Å². The highest BCUT2D eigenvalue weighted by Gasteiger charge is 2.21. The molecule has 0 saturated heterocycles. The summed E-state index contributed by atoms with van der Waals surface area (Å²) in [5, 5.41) is 23.0. The summed E-state index contributed by atoms with van der Waals surface area (Å²) in [7, 11) is 0. The van der Waals surface area contributed by atoms with Crippen LogP contribution in [-0.4, -0.2) is 42.0 Å². The van der Waals surface area contributed by atoms with E-state index in [1.165, 1.54) is 0 Å². The van der Waals surface area contributed by atoms with Crippen LogP contribution in [0.1, 0.15) is 25.7 Å². The quantitative estimate of drug-likeness (QED) is 0.463. The van der Waals surface area contributed by atoms with E-state index in [0.717, 1.165) is 53.1 Å². The van der Waals surface area contributed by atoms with Crippen molar-refractivity contribution in [3.05, 3.63) is 48.4 Å². The number of aromatic nitrogens is 5. The van der Waals surface area contributed by atoms with Gasteiger partial charge in [0.2, 0.25) is 5.95 Å². The summed E-state index contributed by atoms with van der Waals surface area (Å²) in [6.45, 7) is 0. The zero-order chi connectivity index (χ0) is 19.6. The van der Waals surface area contributed by atoms with E-state index in [4.69, 9.17) is 4.98 Å². The number of pyridine rings is 1. The Morgan fingerprint density at radius 2 is 1.90 bits per heavy atom. The Bertz CT molecular complexity index is 1100. The van der Waals surface area contributed by atoms with Crippen molar-refractivity contribution in [3.63, 3.8) is 0 Å². The normalized spacial score (nSPS) is 19.3. The summed E-state index contributed by atoms with van der Waals surface area (Å²) in [4.78, 5) is 13.4. The van der Waals surface area contributed by atoms with Crippen molar-refractivity contribution >= 4 is 39.0 Å². The van der Waals surface area contributed by atoms with Crippen LogP contribution in [0.4, 0.5) is 17.5 Å². The van der Waals surface area contributed by atoms with Gasteiger partial charge in [-0.05, 0) is 49.3 Å². The number of fused-ring (bicyclic) bond motifs is 1. The highest BCUT2D eigenvalue weighted by molar-refractivity contribution is 7.17. The number of hydrogen-bond acceptors (Lipinski definition) is 8. The second-order valence-electron chi connectivity index (χ2n) is 7.18. The van der Waals surface area contributed by atoms with Gasteiger partial charge in [0.15, 0.2) is 0 Å². The van der Waals surface area contributed by atoms with Crippen molar-refractivity contribution < 1.29 is 5.11 Å². The fraction of sp³-hybridized carbons (Fsp3) is 0.300. The summed E-state index contributed by atoms with van der Waals surface area (Å²) in [6.07, 6.45) is 10.5. The molecule has 1 fully saturated rings. The number of hydrogen-bond donors (Lipinski definition) is 3. The van der Waals surface area contributed by atoms with E-state index < -0.39 is 0 Å². The molecule has 4 aromatic rings. The van der Waals surface area contributed by atoms with Crippen molar-refractivity contribution in [3.8, 4) is 5.69 Å². The molecule has 9 heteroatoms. The maximum atomic E-state index is 9.75. The number of anilines is 3. The largest absolute Gasteiger partial charge is 0.393 e. The van der Waals surface area contributed by atoms with E-state index in [-0.39, 0.29) is 6.10 Å². The van der Waals surface area contributed by atoms with Gasteiger partial charge in [-0.25, -0.2) is 9.67 Å². The minimum absolute atomic E-state index is 0.172. The minimum atomic E-state index is -0.172. The minimum Gasteiger partial charge on any atom is -0.393 e. The molecule has 1 aliphatic rings. The third kappa shape index (κ3) is 3.92. The molecule has 0 atom stereocenters. The van der Waals surface area contributed by atoms with E-state index in [2.05, 4.69) is 25.7 Å². The van der Waals surface area contributed by atoms with Gasteiger partial charge in [-0.2, -0.15) is 10.1 Å². The van der Waals surface area contributed by atoms with Crippen LogP contribution in [0.15, 0.2) is 48.4 Å². The topological polar surface area (TPSA) is 101 Å². The molecule has 0 amide bonds. The Hall–Kier alpha value is -3.04. The van der Waals surface area contributed by atoms with Crippen molar-refractivity contribution in [1.82, 2.24) is 24.7 Å². The summed E-state index contributed by atoms with van der Waals surface area (Å²) in [5.74, 6) is 1.37. The number of aliphatic hydroxyl groups excluding tert-OH is 1. The van der Waals surface area contributed by atoms with Crippen LogP contribution in [-0.2, 0) is 0 Å². The Balaban J connectivity index is 1.39. The molecule has 4 aromatic heterocycles. The smallest absolute Gasteiger partial charge is 0.229 e. The first-order valence-electron chi connectivity index (χ1n) is 9.66. The van der Waals surface area contributed by atoms with Crippen molar-refractivity contribution in [2.24, 2.45) is 0 Å². The Morgan fingerprint density at radius 3 is 2.72 bits per heavy atom. The predicted octanol–water partition coefficient (Wildman–Crippen LogP) is 3.73. The van der Waals surface area contributed by atoms with Crippen molar-refractivity contribution in [2.75, 3.05) is 10.6 Å². The molecule has 1 aliphatic carbocycles. The Labute approximate surface area is 171 Å². The van der Waals surface area contributed by atoms with Crippen molar-refractivity contribution in [1.29, 1.82) is 0 Å². The molecule has 4 heterocycles. The van der Waals surface area contributed by atoms with Gasteiger partial charge in [-0.15, -0.1) is 11.3 Å². The fourth-order valence-corrected chi connectivity index (χ4v) is 4.37. The summed E-state index contributed by atoms with van der Waals surface area (Å²) in [6, 6.07) is 6.12. The molecule has 1 saturated carbocycles. The van der Waals surface area contributed by atoms with Gasteiger partial charge in [0.05, 0.1) is 40.1 Å². The SMILES string of the molecule is O[C@H]1CC[C@H](Nc2nc(Nc3cnn(-c4ccncc4)c3)nc3ccsc23)CC1. The molecule has 0 aliphatic heterocycles. The third-order valence-corrected chi connectivity index (χ3v) is 6.02. The van der Waals surface area contributed by atoms with Gasteiger partial charge in [0, 0.05) is 18.4 Å².